The summed E-state index contributed by atoms with van der Waals surface area (Å²) >= 11 is 7.43. The fourth-order valence-electron chi connectivity index (χ4n) is 1.69. The first-order valence-electron chi connectivity index (χ1n) is 5.56. The third-order valence-electron chi connectivity index (χ3n) is 2.84. The van der Waals surface area contributed by atoms with E-state index in [1.165, 1.54) is 0 Å². The Hall–Kier alpha value is -0.940. The molecule has 0 saturated carbocycles. The topological polar surface area (TPSA) is 46.4 Å². The summed E-state index contributed by atoms with van der Waals surface area (Å²) in [6, 6.07) is 5.38. The van der Waals surface area contributed by atoms with Gasteiger partial charge in [0.1, 0.15) is 5.69 Å². The molecule has 0 N–H and O–H groups in total. The van der Waals surface area contributed by atoms with Gasteiger partial charge in [0.05, 0.1) is 4.92 Å². The molecule has 0 radical (unpaired) electrons. The van der Waals surface area contributed by atoms with Crippen LogP contribution in [0.3, 0.4) is 0 Å². The Balaban J connectivity index is 3.10. The SMILES string of the molecule is CSCC(C)N(C)c1ccc(CCl)cc1[N+](=O)[O-]. The van der Waals surface area contributed by atoms with E-state index in [0.717, 1.165) is 11.3 Å². The highest BCUT2D eigenvalue weighted by atomic mass is 35.5. The number of anilines is 1. The third-order valence-corrected chi connectivity index (χ3v) is 3.96. The van der Waals surface area contributed by atoms with Gasteiger partial charge in [-0.25, -0.2) is 0 Å². The number of thioether (sulfide) groups is 1. The minimum Gasteiger partial charge on any atom is -0.366 e. The first-order chi connectivity index (χ1) is 8.51. The number of nitro groups is 1. The summed E-state index contributed by atoms with van der Waals surface area (Å²) in [5.74, 6) is 1.20. The molecule has 0 fully saturated rings. The Morgan fingerprint density at radius 1 is 1.56 bits per heavy atom. The first-order valence-corrected chi connectivity index (χ1v) is 7.49. The molecule has 100 valence electrons. The fraction of sp³-hybridized carbons (Fsp3) is 0.500. The van der Waals surface area contributed by atoms with Gasteiger partial charge < -0.3 is 4.90 Å². The smallest absolute Gasteiger partial charge is 0.292 e. The minimum absolute atomic E-state index is 0.114. The average molecular weight is 289 g/mol. The molecule has 0 aromatic heterocycles. The Kier molecular flexibility index (Phi) is 5.75. The number of rotatable bonds is 6. The molecular formula is C12H17ClN2O2S. The lowest BCUT2D eigenvalue weighted by Crippen LogP contribution is -2.31. The van der Waals surface area contributed by atoms with Crippen LogP contribution < -0.4 is 4.90 Å². The molecule has 0 heterocycles. The largest absolute Gasteiger partial charge is 0.366 e. The Morgan fingerprint density at radius 2 is 2.22 bits per heavy atom. The third kappa shape index (κ3) is 3.53. The maximum atomic E-state index is 11.1. The van der Waals surface area contributed by atoms with Crippen molar-refractivity contribution < 1.29 is 4.92 Å². The summed E-state index contributed by atoms with van der Waals surface area (Å²) in [4.78, 5) is 12.7. The van der Waals surface area contributed by atoms with E-state index in [9.17, 15) is 10.1 Å². The molecular weight excluding hydrogens is 272 g/mol. The molecule has 0 bridgehead atoms. The lowest BCUT2D eigenvalue weighted by molar-refractivity contribution is -0.384. The molecule has 0 aliphatic carbocycles. The van der Waals surface area contributed by atoms with Crippen molar-refractivity contribution in [1.29, 1.82) is 0 Å². The standard InChI is InChI=1S/C12H17ClN2O2S/c1-9(8-18-3)14(2)11-5-4-10(7-13)6-12(11)15(16)17/h4-6,9H,7-8H2,1-3H3. The monoisotopic (exact) mass is 288 g/mol. The van der Waals surface area contributed by atoms with Crippen LogP contribution in [0.25, 0.3) is 0 Å². The van der Waals surface area contributed by atoms with E-state index in [1.54, 1.807) is 23.9 Å². The number of alkyl halides is 1. The molecule has 6 heteroatoms. The van der Waals surface area contributed by atoms with Crippen LogP contribution in [0.4, 0.5) is 11.4 Å². The quantitative estimate of drug-likeness (QED) is 0.456. The molecule has 4 nitrogen and oxygen atoms in total. The highest BCUT2D eigenvalue weighted by molar-refractivity contribution is 7.98. The molecule has 0 saturated heterocycles. The molecule has 1 rings (SSSR count). The molecule has 1 aromatic carbocycles. The zero-order chi connectivity index (χ0) is 13.7. The van der Waals surface area contributed by atoms with Crippen LogP contribution in [0, 0.1) is 10.1 Å². The zero-order valence-corrected chi connectivity index (χ0v) is 12.3. The summed E-state index contributed by atoms with van der Waals surface area (Å²) in [7, 11) is 1.88. The summed E-state index contributed by atoms with van der Waals surface area (Å²) in [5.41, 5.74) is 1.51. The number of nitrogens with zero attached hydrogens (tertiary/aromatic N) is 2. The van der Waals surface area contributed by atoms with Crippen molar-refractivity contribution in [2.45, 2.75) is 18.8 Å². The summed E-state index contributed by atoms with van der Waals surface area (Å²) in [6.45, 7) is 2.05. The Morgan fingerprint density at radius 3 is 2.72 bits per heavy atom. The predicted molar refractivity (Wildman–Crippen MR) is 78.9 cm³/mol. The lowest BCUT2D eigenvalue weighted by atomic mass is 10.1. The lowest BCUT2D eigenvalue weighted by Gasteiger charge is -2.26. The number of nitro benzene ring substituents is 1. The van der Waals surface area contributed by atoms with Crippen molar-refractivity contribution >= 4 is 34.7 Å². The van der Waals surface area contributed by atoms with Crippen LogP contribution in [-0.2, 0) is 5.88 Å². The van der Waals surface area contributed by atoms with Crippen molar-refractivity contribution in [3.05, 3.63) is 33.9 Å². The van der Waals surface area contributed by atoms with Crippen molar-refractivity contribution in [2.24, 2.45) is 0 Å². The zero-order valence-electron chi connectivity index (χ0n) is 10.7. The van der Waals surface area contributed by atoms with Gasteiger partial charge >= 0.3 is 0 Å². The van der Waals surface area contributed by atoms with E-state index in [1.807, 2.05) is 24.3 Å². The van der Waals surface area contributed by atoms with Crippen LogP contribution in [0.15, 0.2) is 18.2 Å². The van der Waals surface area contributed by atoms with Gasteiger partial charge in [0.2, 0.25) is 0 Å². The van der Waals surface area contributed by atoms with Crippen LogP contribution >= 0.6 is 23.4 Å². The second-order valence-electron chi connectivity index (χ2n) is 4.13. The number of hydrogen-bond donors (Lipinski definition) is 0. The van der Waals surface area contributed by atoms with Gasteiger partial charge in [-0.05, 0) is 24.8 Å². The van der Waals surface area contributed by atoms with Gasteiger partial charge in [0.25, 0.3) is 5.69 Å². The summed E-state index contributed by atoms with van der Waals surface area (Å²) in [6.07, 6.45) is 2.02. The van der Waals surface area contributed by atoms with E-state index < -0.39 is 0 Å². The predicted octanol–water partition coefficient (Wildman–Crippen LogP) is 3.52. The van der Waals surface area contributed by atoms with E-state index in [-0.39, 0.29) is 22.5 Å². The number of benzene rings is 1. The highest BCUT2D eigenvalue weighted by Crippen LogP contribution is 2.30. The maximum Gasteiger partial charge on any atom is 0.292 e. The van der Waals surface area contributed by atoms with Gasteiger partial charge in [-0.15, -0.1) is 11.6 Å². The van der Waals surface area contributed by atoms with Crippen molar-refractivity contribution in [2.75, 3.05) is 24.0 Å². The van der Waals surface area contributed by atoms with E-state index in [2.05, 4.69) is 6.92 Å². The number of halogens is 1. The second-order valence-corrected chi connectivity index (χ2v) is 5.31. The molecule has 0 spiro atoms. The van der Waals surface area contributed by atoms with Gasteiger partial charge in [-0.2, -0.15) is 11.8 Å². The molecule has 1 atom stereocenters. The van der Waals surface area contributed by atoms with Crippen molar-refractivity contribution in [3.63, 3.8) is 0 Å². The van der Waals surface area contributed by atoms with E-state index in [4.69, 9.17) is 11.6 Å². The van der Waals surface area contributed by atoms with Crippen LogP contribution in [0.2, 0.25) is 0 Å². The summed E-state index contributed by atoms with van der Waals surface area (Å²) < 4.78 is 0. The van der Waals surface area contributed by atoms with E-state index >= 15 is 0 Å². The van der Waals surface area contributed by atoms with Crippen LogP contribution in [0.1, 0.15) is 12.5 Å². The fourth-order valence-corrected chi connectivity index (χ4v) is 2.56. The van der Waals surface area contributed by atoms with Crippen molar-refractivity contribution in [3.8, 4) is 0 Å². The first kappa shape index (κ1) is 15.1. The molecule has 0 amide bonds. The van der Waals surface area contributed by atoms with Gasteiger partial charge in [-0.3, -0.25) is 10.1 Å². The Labute approximate surface area is 116 Å². The molecule has 18 heavy (non-hydrogen) atoms. The normalized spacial score (nSPS) is 12.2. The van der Waals surface area contributed by atoms with Gasteiger partial charge in [0, 0.05) is 30.8 Å². The van der Waals surface area contributed by atoms with Crippen LogP contribution in [-0.4, -0.2) is 30.0 Å². The van der Waals surface area contributed by atoms with Gasteiger partial charge in [-0.1, -0.05) is 6.07 Å². The highest BCUT2D eigenvalue weighted by Gasteiger charge is 2.20. The van der Waals surface area contributed by atoms with Gasteiger partial charge in [0.15, 0.2) is 0 Å². The second kappa shape index (κ2) is 6.85. The Bertz CT molecular complexity index is 429. The summed E-state index contributed by atoms with van der Waals surface area (Å²) in [5, 5.41) is 11.1. The number of hydrogen-bond acceptors (Lipinski definition) is 4. The maximum absolute atomic E-state index is 11.1. The minimum atomic E-state index is -0.353. The van der Waals surface area contributed by atoms with Crippen LogP contribution in [0.5, 0.6) is 0 Å². The van der Waals surface area contributed by atoms with Crippen molar-refractivity contribution in [1.82, 2.24) is 0 Å². The average Bonchev–Trinajstić information content (AvgIpc) is 2.37. The molecule has 1 aromatic rings. The molecule has 1 unspecified atom stereocenters. The molecule has 0 aliphatic rings. The molecule has 0 aliphatic heterocycles. The van der Waals surface area contributed by atoms with E-state index in [0.29, 0.717) is 5.69 Å².